The molecule has 1 unspecified atom stereocenters. The minimum atomic E-state index is -0.500. The van der Waals surface area contributed by atoms with Crippen LogP contribution in [0.5, 0.6) is 5.75 Å². The van der Waals surface area contributed by atoms with Crippen LogP contribution in [0.4, 0.5) is 11.6 Å². The minimum absolute atomic E-state index is 0.265. The third-order valence-corrected chi connectivity index (χ3v) is 14.4. The lowest BCUT2D eigenvalue weighted by Crippen LogP contribution is -2.41. The van der Waals surface area contributed by atoms with E-state index in [1.807, 2.05) is 32.0 Å². The van der Waals surface area contributed by atoms with Crippen molar-refractivity contribution >= 4 is 18.1 Å². The van der Waals surface area contributed by atoms with Gasteiger partial charge in [0.15, 0.2) is 11.6 Å². The van der Waals surface area contributed by atoms with Crippen molar-refractivity contribution in [2.24, 2.45) is 11.3 Å². The van der Waals surface area contributed by atoms with Gasteiger partial charge in [0.2, 0.25) is 0 Å². The summed E-state index contributed by atoms with van der Waals surface area (Å²) < 4.78 is 17.8. The topological polar surface area (TPSA) is 123 Å². The molecule has 3 aromatic carbocycles. The second kappa shape index (κ2) is 28.5. The summed E-state index contributed by atoms with van der Waals surface area (Å²) >= 11 is 0. The molecule has 0 radical (unpaired) electrons. The Bertz CT molecular complexity index is 2750. The number of carbonyl (C=O) groups is 1. The summed E-state index contributed by atoms with van der Waals surface area (Å²) in [7, 11) is 0. The highest BCUT2D eigenvalue weighted by atomic mass is 16.5. The third kappa shape index (κ3) is 18.0. The van der Waals surface area contributed by atoms with Gasteiger partial charge >= 0.3 is 0 Å². The summed E-state index contributed by atoms with van der Waals surface area (Å²) in [4.78, 5) is 36.2. The Morgan fingerprint density at radius 1 is 0.727 bits per heavy atom. The zero-order valence-corrected chi connectivity index (χ0v) is 50.2. The van der Waals surface area contributed by atoms with Gasteiger partial charge in [-0.25, -0.2) is 19.9 Å². The first-order valence-electron chi connectivity index (χ1n) is 28.4. The number of carbonyl (C=O) groups excluding carboxylic acids is 1. The fourth-order valence-corrected chi connectivity index (χ4v) is 9.92. The van der Waals surface area contributed by atoms with E-state index in [1.165, 1.54) is 59.9 Å². The van der Waals surface area contributed by atoms with Gasteiger partial charge in [0.25, 0.3) is 6.47 Å². The maximum atomic E-state index is 10.8. The molecule has 0 saturated carbocycles. The van der Waals surface area contributed by atoms with E-state index in [9.17, 15) is 4.79 Å². The van der Waals surface area contributed by atoms with Gasteiger partial charge in [0, 0.05) is 37.3 Å². The third-order valence-electron chi connectivity index (χ3n) is 14.4. The first kappa shape index (κ1) is 61.8. The Morgan fingerprint density at radius 2 is 1.27 bits per heavy atom. The highest BCUT2D eigenvalue weighted by Crippen LogP contribution is 2.37. The van der Waals surface area contributed by atoms with Crippen LogP contribution in [0.25, 0.3) is 22.8 Å². The molecular formula is C66H94N6O5. The number of anilines is 2. The molecule has 0 spiro atoms. The van der Waals surface area contributed by atoms with E-state index < -0.39 is 5.60 Å². The SMILES string of the molecule is CC(/C=C\CC(C)C)=C(/C)OCc1c(C)nc(-c2c(C)cccc2C)nc1N1CCCC(C)(C)C1.CC(C)(C)O.CCc1cccc(CC)c1-c1nc(C)c(COc2cc(C(C)OC=O)ccc2C)c(N2CCCCC2)n1. The van der Waals surface area contributed by atoms with Gasteiger partial charge in [0.05, 0.1) is 33.9 Å². The van der Waals surface area contributed by atoms with Gasteiger partial charge in [0.1, 0.15) is 36.7 Å². The van der Waals surface area contributed by atoms with Crippen molar-refractivity contribution in [2.75, 3.05) is 36.0 Å². The maximum absolute atomic E-state index is 10.8. The fraction of sp³-hybridized carbons (Fsp3) is 0.530. The molecule has 2 fully saturated rings. The summed E-state index contributed by atoms with van der Waals surface area (Å²) in [5, 5.41) is 8.52. The number of aliphatic hydroxyl groups is 1. The van der Waals surface area contributed by atoms with E-state index in [2.05, 4.69) is 141 Å². The van der Waals surface area contributed by atoms with Gasteiger partial charge in [-0.15, -0.1) is 0 Å². The predicted octanol–water partition coefficient (Wildman–Crippen LogP) is 15.6. The fourth-order valence-electron chi connectivity index (χ4n) is 9.92. The maximum Gasteiger partial charge on any atom is 0.293 e. The molecular weight excluding hydrogens is 957 g/mol. The summed E-state index contributed by atoms with van der Waals surface area (Å²) in [6.07, 6.45) is 13.0. The number of benzene rings is 3. The van der Waals surface area contributed by atoms with Crippen molar-refractivity contribution < 1.29 is 24.1 Å². The first-order valence-corrected chi connectivity index (χ1v) is 28.4. The molecule has 4 heterocycles. The van der Waals surface area contributed by atoms with Crippen LogP contribution in [0.3, 0.4) is 0 Å². The second-order valence-electron chi connectivity index (χ2n) is 23.5. The molecule has 0 aliphatic carbocycles. The normalized spacial score (nSPS) is 15.3. The van der Waals surface area contributed by atoms with Crippen LogP contribution in [-0.2, 0) is 40.3 Å². The molecule has 418 valence electrons. The molecule has 0 bridgehead atoms. The molecule has 7 rings (SSSR count). The zero-order valence-electron chi connectivity index (χ0n) is 50.2. The van der Waals surface area contributed by atoms with E-state index in [1.54, 1.807) is 20.8 Å². The van der Waals surface area contributed by atoms with Crippen molar-refractivity contribution in [1.29, 1.82) is 0 Å². The monoisotopic (exact) mass is 1050 g/mol. The van der Waals surface area contributed by atoms with Crippen LogP contribution in [0.15, 0.2) is 78.1 Å². The number of hydrogen-bond acceptors (Lipinski definition) is 11. The van der Waals surface area contributed by atoms with Gasteiger partial charge < -0.3 is 29.1 Å². The van der Waals surface area contributed by atoms with Crippen LogP contribution in [0, 0.1) is 46.0 Å². The van der Waals surface area contributed by atoms with Crippen molar-refractivity contribution in [2.45, 2.75) is 194 Å². The second-order valence-corrected chi connectivity index (χ2v) is 23.5. The Labute approximate surface area is 464 Å². The average molecular weight is 1050 g/mol. The number of ether oxygens (including phenoxy) is 3. The van der Waals surface area contributed by atoms with Gasteiger partial charge in [-0.2, -0.15) is 0 Å². The lowest BCUT2D eigenvalue weighted by atomic mass is 9.84. The standard InChI is InChI=1S/C31H39N3O3.C31H45N3O.C4H10O/c1-6-24-12-11-13-25(7-2)29(24)30-32-22(4)27(31(33-30)34-16-9-8-10-17-34)19-36-28-18-26(15-14-21(28)3)23(5)37-20-35;1-21(2)13-10-14-22(3)26(7)35-19-27-25(6)32-29(28-23(4)15-11-16-24(28)5)33-30(27)34-18-12-17-31(8,9)20-34;1-4(2,3)5/h11-15,18,20,23H,6-10,16-17,19H2,1-5H3;10-11,14-16,21H,12-13,17-20H2,1-9H3;5H,1-3H3/b;14-10-,26-22+;. The number of nitrogens with zero attached hydrogens (tertiary/aromatic N) is 6. The first-order chi connectivity index (χ1) is 36.4. The Balaban J connectivity index is 0.000000261. The molecule has 5 aromatic rings. The van der Waals surface area contributed by atoms with Crippen molar-refractivity contribution in [3.05, 3.63) is 134 Å². The smallest absolute Gasteiger partial charge is 0.293 e. The quantitative estimate of drug-likeness (QED) is 0.0512. The summed E-state index contributed by atoms with van der Waals surface area (Å²) in [5.74, 6) is 6.04. The summed E-state index contributed by atoms with van der Waals surface area (Å²) in [5.41, 5.74) is 14.2. The van der Waals surface area contributed by atoms with Crippen LogP contribution < -0.4 is 14.5 Å². The molecule has 2 aliphatic rings. The van der Waals surface area contributed by atoms with E-state index in [0.717, 1.165) is 125 Å². The predicted molar refractivity (Wildman–Crippen MR) is 319 cm³/mol. The summed E-state index contributed by atoms with van der Waals surface area (Å²) in [6, 6.07) is 18.8. The van der Waals surface area contributed by atoms with Gasteiger partial charge in [-0.05, 0) is 184 Å². The molecule has 2 aromatic heterocycles. The molecule has 11 nitrogen and oxygen atoms in total. The average Bonchev–Trinajstić information content (AvgIpc) is 3.39. The lowest BCUT2D eigenvalue weighted by Gasteiger charge is -2.39. The Morgan fingerprint density at radius 3 is 1.83 bits per heavy atom. The Hall–Kier alpha value is -6.07. The van der Waals surface area contributed by atoms with Crippen molar-refractivity contribution in [1.82, 2.24) is 19.9 Å². The van der Waals surface area contributed by atoms with Crippen LogP contribution in [0.2, 0.25) is 0 Å². The van der Waals surface area contributed by atoms with Crippen LogP contribution in [-0.4, -0.2) is 63.3 Å². The molecule has 77 heavy (non-hydrogen) atoms. The molecule has 0 amide bonds. The number of rotatable bonds is 18. The minimum Gasteiger partial charge on any atom is -0.493 e. The van der Waals surface area contributed by atoms with E-state index >= 15 is 0 Å². The van der Waals surface area contributed by atoms with Crippen LogP contribution in [0.1, 0.15) is 184 Å². The van der Waals surface area contributed by atoms with Crippen molar-refractivity contribution in [3.8, 4) is 28.5 Å². The molecule has 2 saturated heterocycles. The number of aryl methyl sites for hydroxylation is 7. The molecule has 1 atom stereocenters. The van der Waals surface area contributed by atoms with Crippen LogP contribution >= 0.6 is 0 Å². The summed E-state index contributed by atoms with van der Waals surface area (Å²) in [6.45, 7) is 40.7. The number of aromatic nitrogens is 4. The van der Waals surface area contributed by atoms with E-state index in [-0.39, 0.29) is 11.5 Å². The molecule has 2 aliphatic heterocycles. The van der Waals surface area contributed by atoms with Gasteiger partial charge in [-0.1, -0.05) is 102 Å². The van der Waals surface area contributed by atoms with E-state index in [0.29, 0.717) is 25.6 Å². The Kier molecular flexibility index (Phi) is 22.9. The number of piperidine rings is 2. The molecule has 1 N–H and O–H groups in total. The highest BCUT2D eigenvalue weighted by molar-refractivity contribution is 5.69. The van der Waals surface area contributed by atoms with Gasteiger partial charge in [-0.3, -0.25) is 4.79 Å². The zero-order chi connectivity index (χ0) is 56.6. The number of allylic oxidation sites excluding steroid dienone is 4. The molecule has 11 heteroatoms. The highest BCUT2D eigenvalue weighted by Gasteiger charge is 2.30. The number of hydrogen-bond donors (Lipinski definition) is 1. The largest absolute Gasteiger partial charge is 0.493 e. The lowest BCUT2D eigenvalue weighted by molar-refractivity contribution is -0.133. The van der Waals surface area contributed by atoms with Crippen molar-refractivity contribution in [3.63, 3.8) is 0 Å². The van der Waals surface area contributed by atoms with E-state index in [4.69, 9.17) is 39.3 Å².